The number of rotatable bonds is 6. The highest BCUT2D eigenvalue weighted by Gasteiger charge is 2.20. The standard InChI is InChI=1S/C26H23N7O2S2/c36-25(29-14-17-6-7-20-21(12-17)35-16-34-20)32-24-30-22(13-23(31-24)37-26-27-9-3-10-28-26)33-11-8-18-4-1-2-5-19(18)15-33/h1-7,9-10,12-13H,8,11,14-16H2,(H2,29,30,31,32,36). The molecule has 0 aliphatic carbocycles. The average molecular weight is 530 g/mol. The first-order chi connectivity index (χ1) is 18.2. The van der Waals surface area contributed by atoms with Crippen LogP contribution in [0.2, 0.25) is 0 Å². The predicted octanol–water partition coefficient (Wildman–Crippen LogP) is 4.20. The molecule has 2 aromatic heterocycles. The molecule has 0 spiro atoms. The molecule has 0 unspecified atom stereocenters. The van der Waals surface area contributed by atoms with Gasteiger partial charge in [-0.2, -0.15) is 4.98 Å². The Balaban J connectivity index is 1.20. The molecule has 11 heteroatoms. The molecule has 2 aliphatic heterocycles. The second kappa shape index (κ2) is 10.6. The van der Waals surface area contributed by atoms with E-state index in [-0.39, 0.29) is 6.79 Å². The number of ether oxygens (including phenoxy) is 2. The molecule has 2 aliphatic rings. The summed E-state index contributed by atoms with van der Waals surface area (Å²) in [6.07, 6.45) is 4.39. The van der Waals surface area contributed by atoms with Gasteiger partial charge in [0.15, 0.2) is 21.8 Å². The molecule has 2 N–H and O–H groups in total. The van der Waals surface area contributed by atoms with E-state index >= 15 is 0 Å². The van der Waals surface area contributed by atoms with Crippen LogP contribution in [0.1, 0.15) is 16.7 Å². The van der Waals surface area contributed by atoms with Crippen molar-refractivity contribution in [1.29, 1.82) is 0 Å². The quantitative estimate of drug-likeness (QED) is 0.214. The van der Waals surface area contributed by atoms with Gasteiger partial charge < -0.3 is 25.0 Å². The molecular formula is C26H23N7O2S2. The van der Waals surface area contributed by atoms with Crippen molar-refractivity contribution in [3.05, 3.63) is 83.7 Å². The second-order valence-corrected chi connectivity index (χ2v) is 9.85. The number of anilines is 2. The third kappa shape index (κ3) is 5.57. The summed E-state index contributed by atoms with van der Waals surface area (Å²) >= 11 is 6.94. The first kappa shape index (κ1) is 23.4. The van der Waals surface area contributed by atoms with Gasteiger partial charge in [-0.25, -0.2) is 15.0 Å². The van der Waals surface area contributed by atoms with E-state index in [1.54, 1.807) is 18.5 Å². The van der Waals surface area contributed by atoms with Crippen LogP contribution in [0.25, 0.3) is 0 Å². The van der Waals surface area contributed by atoms with Crippen LogP contribution >= 0.6 is 24.0 Å². The van der Waals surface area contributed by atoms with Gasteiger partial charge in [-0.1, -0.05) is 30.3 Å². The highest BCUT2D eigenvalue weighted by molar-refractivity contribution is 7.99. The lowest BCUT2D eigenvalue weighted by Crippen LogP contribution is -2.32. The van der Waals surface area contributed by atoms with Crippen LogP contribution in [-0.4, -0.2) is 38.4 Å². The third-order valence-electron chi connectivity index (χ3n) is 6.00. The Morgan fingerprint density at radius 1 is 0.973 bits per heavy atom. The number of benzene rings is 2. The average Bonchev–Trinajstić information content (AvgIpc) is 3.40. The number of hydrogen-bond donors (Lipinski definition) is 2. The molecule has 186 valence electrons. The van der Waals surface area contributed by atoms with Gasteiger partial charge in [0.1, 0.15) is 10.8 Å². The maximum atomic E-state index is 5.56. The van der Waals surface area contributed by atoms with E-state index in [1.807, 2.05) is 24.3 Å². The van der Waals surface area contributed by atoms with E-state index in [9.17, 15) is 0 Å². The zero-order valence-electron chi connectivity index (χ0n) is 19.8. The largest absolute Gasteiger partial charge is 0.454 e. The van der Waals surface area contributed by atoms with Gasteiger partial charge >= 0.3 is 0 Å². The molecule has 0 atom stereocenters. The van der Waals surface area contributed by atoms with Crippen LogP contribution in [0.5, 0.6) is 11.5 Å². The van der Waals surface area contributed by atoms with Crippen LogP contribution in [-0.2, 0) is 19.5 Å². The molecular weight excluding hydrogens is 506 g/mol. The number of fused-ring (bicyclic) bond motifs is 2. The summed E-state index contributed by atoms with van der Waals surface area (Å²) in [6.45, 7) is 2.42. The predicted molar refractivity (Wildman–Crippen MR) is 145 cm³/mol. The van der Waals surface area contributed by atoms with Crippen LogP contribution < -0.4 is 25.0 Å². The van der Waals surface area contributed by atoms with Gasteiger partial charge in [0.05, 0.1) is 0 Å². The van der Waals surface area contributed by atoms with Crippen molar-refractivity contribution in [3.63, 3.8) is 0 Å². The first-order valence-electron chi connectivity index (χ1n) is 11.8. The monoisotopic (exact) mass is 529 g/mol. The molecule has 0 fully saturated rings. The minimum atomic E-state index is 0.247. The van der Waals surface area contributed by atoms with Crippen LogP contribution in [0.3, 0.4) is 0 Å². The summed E-state index contributed by atoms with van der Waals surface area (Å²) in [4.78, 5) is 20.4. The molecule has 9 nitrogen and oxygen atoms in total. The Bertz CT molecular complexity index is 1440. The lowest BCUT2D eigenvalue weighted by Gasteiger charge is -2.30. The Morgan fingerprint density at radius 3 is 2.70 bits per heavy atom. The summed E-state index contributed by atoms with van der Waals surface area (Å²) in [7, 11) is 0. The van der Waals surface area contributed by atoms with E-state index in [2.05, 4.69) is 54.8 Å². The zero-order chi connectivity index (χ0) is 25.0. The molecule has 2 aromatic carbocycles. The van der Waals surface area contributed by atoms with Crippen molar-refractivity contribution in [2.75, 3.05) is 23.6 Å². The number of nitrogens with one attached hydrogen (secondary N) is 2. The SMILES string of the molecule is S=C(NCc1ccc2c(c1)OCO2)Nc1nc(Sc2ncccn2)cc(N2CCc3ccccc3C2)n1. The number of aromatic nitrogens is 4. The molecule has 0 amide bonds. The molecule has 4 aromatic rings. The molecule has 37 heavy (non-hydrogen) atoms. The molecule has 0 saturated heterocycles. The Morgan fingerprint density at radius 2 is 1.81 bits per heavy atom. The fourth-order valence-electron chi connectivity index (χ4n) is 4.18. The molecule has 6 rings (SSSR count). The fourth-order valence-corrected chi connectivity index (χ4v) is 5.06. The maximum absolute atomic E-state index is 5.56. The van der Waals surface area contributed by atoms with Crippen LogP contribution in [0.4, 0.5) is 11.8 Å². The van der Waals surface area contributed by atoms with Crippen molar-refractivity contribution in [2.45, 2.75) is 29.7 Å². The van der Waals surface area contributed by atoms with Crippen molar-refractivity contribution >= 4 is 40.9 Å². The van der Waals surface area contributed by atoms with Gasteiger partial charge in [0, 0.05) is 38.1 Å². The third-order valence-corrected chi connectivity index (χ3v) is 7.06. The number of nitrogens with zero attached hydrogens (tertiary/aromatic N) is 5. The smallest absolute Gasteiger partial charge is 0.232 e. The minimum Gasteiger partial charge on any atom is -0.454 e. The highest BCUT2D eigenvalue weighted by Crippen LogP contribution is 2.32. The lowest BCUT2D eigenvalue weighted by molar-refractivity contribution is 0.174. The van der Waals surface area contributed by atoms with Crippen molar-refractivity contribution in [3.8, 4) is 11.5 Å². The van der Waals surface area contributed by atoms with E-state index in [0.29, 0.717) is 22.8 Å². The summed E-state index contributed by atoms with van der Waals surface area (Å²) in [6, 6.07) is 18.1. The topological polar surface area (TPSA) is 97.3 Å². The van der Waals surface area contributed by atoms with Gasteiger partial charge in [-0.15, -0.1) is 0 Å². The maximum Gasteiger partial charge on any atom is 0.232 e. The van der Waals surface area contributed by atoms with Gasteiger partial charge in [-0.3, -0.25) is 0 Å². The second-order valence-electron chi connectivity index (χ2n) is 8.46. The summed E-state index contributed by atoms with van der Waals surface area (Å²) in [5, 5.41) is 8.14. The Labute approximate surface area is 223 Å². The van der Waals surface area contributed by atoms with E-state index in [1.165, 1.54) is 22.9 Å². The van der Waals surface area contributed by atoms with Crippen LogP contribution in [0.15, 0.2) is 77.2 Å². The van der Waals surface area contributed by atoms with Crippen molar-refractivity contribution < 1.29 is 9.47 Å². The van der Waals surface area contributed by atoms with Gasteiger partial charge in [0.25, 0.3) is 0 Å². The van der Waals surface area contributed by atoms with E-state index in [4.69, 9.17) is 26.7 Å². The molecule has 0 bridgehead atoms. The van der Waals surface area contributed by atoms with Crippen LogP contribution in [0, 0.1) is 0 Å². The Kier molecular flexibility index (Phi) is 6.70. The Hall–Kier alpha value is -3.96. The first-order valence-corrected chi connectivity index (χ1v) is 13.0. The number of thiocarbonyl (C=S) groups is 1. The van der Waals surface area contributed by atoms with E-state index < -0.39 is 0 Å². The van der Waals surface area contributed by atoms with E-state index in [0.717, 1.165) is 47.4 Å². The molecule has 4 heterocycles. The highest BCUT2D eigenvalue weighted by atomic mass is 32.2. The lowest BCUT2D eigenvalue weighted by atomic mass is 10.00. The minimum absolute atomic E-state index is 0.247. The fraction of sp³-hybridized carbons (Fsp3) is 0.192. The normalized spacial score (nSPS) is 13.7. The van der Waals surface area contributed by atoms with Crippen molar-refractivity contribution in [1.82, 2.24) is 25.3 Å². The molecule has 0 radical (unpaired) electrons. The van der Waals surface area contributed by atoms with Gasteiger partial charge in [-0.05, 0) is 65.3 Å². The summed E-state index contributed by atoms with van der Waals surface area (Å²) in [5.74, 6) is 2.73. The van der Waals surface area contributed by atoms with Crippen molar-refractivity contribution in [2.24, 2.45) is 0 Å². The number of hydrogen-bond acceptors (Lipinski definition) is 9. The van der Waals surface area contributed by atoms with Gasteiger partial charge in [0.2, 0.25) is 12.7 Å². The summed E-state index contributed by atoms with van der Waals surface area (Å²) in [5.41, 5.74) is 3.71. The molecule has 0 saturated carbocycles. The zero-order valence-corrected chi connectivity index (χ0v) is 21.4. The summed E-state index contributed by atoms with van der Waals surface area (Å²) < 4.78 is 10.8.